The zero-order valence-corrected chi connectivity index (χ0v) is 23.5. The monoisotopic (exact) mass is 536 g/mol. The molecule has 2 fully saturated rings. The molecule has 4 rings (SSSR count). The van der Waals surface area contributed by atoms with Crippen LogP contribution in [0.25, 0.3) is 0 Å². The van der Waals surface area contributed by atoms with Crippen molar-refractivity contribution in [2.24, 2.45) is 0 Å². The summed E-state index contributed by atoms with van der Waals surface area (Å²) in [6, 6.07) is 12.6. The summed E-state index contributed by atoms with van der Waals surface area (Å²) >= 11 is 6.52. The van der Waals surface area contributed by atoms with Gasteiger partial charge in [-0.2, -0.15) is 5.26 Å². The molecule has 202 valence electrons. The standard InChI is InChI=1S/C30H37ClN4O3/c1-29(2)17-22(18-30(3,4)34-29)33-28(37)21-10-12-26(24(31)16-21)38-25-9-7-8-20(23(25)19-32)11-13-27(36)35-14-5-6-15-35/h7-10,12,16,22,34H,5-6,11,13-15,17-18H2,1-4H3,(H,33,37). The Labute approximate surface area is 230 Å². The van der Waals surface area contributed by atoms with Gasteiger partial charge in [-0.25, -0.2) is 0 Å². The number of nitriles is 1. The second-order valence-electron chi connectivity index (χ2n) is 11.7. The van der Waals surface area contributed by atoms with Crippen LogP contribution in [-0.4, -0.2) is 46.9 Å². The van der Waals surface area contributed by atoms with Gasteiger partial charge in [0.15, 0.2) is 0 Å². The molecule has 38 heavy (non-hydrogen) atoms. The van der Waals surface area contributed by atoms with Crippen molar-refractivity contribution in [1.82, 2.24) is 15.5 Å². The van der Waals surface area contributed by atoms with Gasteiger partial charge < -0.3 is 20.3 Å². The van der Waals surface area contributed by atoms with Gasteiger partial charge in [-0.1, -0.05) is 23.7 Å². The lowest BCUT2D eigenvalue weighted by molar-refractivity contribution is -0.130. The number of piperidine rings is 1. The van der Waals surface area contributed by atoms with Crippen LogP contribution in [-0.2, 0) is 11.2 Å². The van der Waals surface area contributed by atoms with Gasteiger partial charge in [0.05, 0.1) is 10.6 Å². The minimum Gasteiger partial charge on any atom is -0.454 e. The SMILES string of the molecule is CC1(C)CC(NC(=O)c2ccc(Oc3cccc(CCC(=O)N4CCCC4)c3C#N)c(Cl)c2)CC(C)(C)N1. The summed E-state index contributed by atoms with van der Waals surface area (Å²) in [6.07, 6.45) is 4.57. The number of likely N-dealkylation sites (tertiary alicyclic amines) is 1. The molecule has 0 bridgehead atoms. The Hall–Kier alpha value is -3.08. The third-order valence-corrected chi connectivity index (χ3v) is 7.53. The van der Waals surface area contributed by atoms with Crippen molar-refractivity contribution >= 4 is 23.4 Å². The third-order valence-electron chi connectivity index (χ3n) is 7.23. The zero-order chi connectivity index (χ0) is 27.5. The molecule has 2 amide bonds. The number of nitrogens with one attached hydrogen (secondary N) is 2. The summed E-state index contributed by atoms with van der Waals surface area (Å²) in [7, 11) is 0. The predicted molar refractivity (Wildman–Crippen MR) is 149 cm³/mol. The molecule has 0 aromatic heterocycles. The maximum absolute atomic E-state index is 13.0. The highest BCUT2D eigenvalue weighted by atomic mass is 35.5. The number of amides is 2. The van der Waals surface area contributed by atoms with Crippen molar-refractivity contribution in [3.8, 4) is 17.6 Å². The van der Waals surface area contributed by atoms with Gasteiger partial charge >= 0.3 is 0 Å². The number of hydrogen-bond donors (Lipinski definition) is 2. The summed E-state index contributed by atoms with van der Waals surface area (Å²) in [6.45, 7) is 10.2. The van der Waals surface area contributed by atoms with Gasteiger partial charge in [0.2, 0.25) is 5.91 Å². The van der Waals surface area contributed by atoms with Gasteiger partial charge in [0.1, 0.15) is 17.6 Å². The largest absolute Gasteiger partial charge is 0.454 e. The molecule has 0 saturated carbocycles. The van der Waals surface area contributed by atoms with E-state index in [1.54, 1.807) is 24.3 Å². The molecule has 0 radical (unpaired) electrons. The van der Waals surface area contributed by atoms with Crippen molar-refractivity contribution < 1.29 is 14.3 Å². The Morgan fingerprint density at radius 3 is 2.42 bits per heavy atom. The number of hydrogen-bond acceptors (Lipinski definition) is 5. The van der Waals surface area contributed by atoms with Crippen LogP contribution >= 0.6 is 11.6 Å². The number of carbonyl (C=O) groups is 2. The van der Waals surface area contributed by atoms with E-state index in [0.717, 1.165) is 44.3 Å². The first kappa shape index (κ1) is 27.9. The molecule has 2 aliphatic rings. The molecule has 2 saturated heterocycles. The van der Waals surface area contributed by atoms with Gasteiger partial charge in [0.25, 0.3) is 5.91 Å². The lowest BCUT2D eigenvalue weighted by Crippen LogP contribution is -2.62. The molecule has 0 atom stereocenters. The second-order valence-corrected chi connectivity index (χ2v) is 12.1. The number of halogens is 1. The van der Waals surface area contributed by atoms with Crippen molar-refractivity contribution in [1.29, 1.82) is 5.26 Å². The number of ether oxygens (including phenoxy) is 1. The molecular weight excluding hydrogens is 500 g/mol. The van der Waals surface area contributed by atoms with E-state index in [-0.39, 0.29) is 34.0 Å². The van der Waals surface area contributed by atoms with Crippen LogP contribution in [0, 0.1) is 11.3 Å². The number of aryl methyl sites for hydroxylation is 1. The average Bonchev–Trinajstić information content (AvgIpc) is 3.37. The van der Waals surface area contributed by atoms with E-state index < -0.39 is 0 Å². The molecule has 2 aromatic carbocycles. The lowest BCUT2D eigenvalue weighted by atomic mass is 9.79. The van der Waals surface area contributed by atoms with Crippen molar-refractivity contribution in [3.63, 3.8) is 0 Å². The fourth-order valence-electron chi connectivity index (χ4n) is 5.90. The van der Waals surface area contributed by atoms with E-state index in [1.807, 2.05) is 17.0 Å². The molecular formula is C30H37ClN4O3. The summed E-state index contributed by atoms with van der Waals surface area (Å²) in [4.78, 5) is 27.4. The molecule has 2 aliphatic heterocycles. The first-order valence-electron chi connectivity index (χ1n) is 13.3. The normalized spacial score (nSPS) is 18.6. The summed E-state index contributed by atoms with van der Waals surface area (Å²) in [5, 5.41) is 16.9. The molecule has 0 spiro atoms. The molecule has 0 unspecified atom stereocenters. The fraction of sp³-hybridized carbons (Fsp3) is 0.500. The highest BCUT2D eigenvalue weighted by Gasteiger charge is 2.38. The highest BCUT2D eigenvalue weighted by Crippen LogP contribution is 2.34. The molecule has 8 heteroatoms. The van der Waals surface area contributed by atoms with Crippen LogP contribution in [0.2, 0.25) is 5.02 Å². The van der Waals surface area contributed by atoms with Crippen LogP contribution < -0.4 is 15.4 Å². The molecule has 7 nitrogen and oxygen atoms in total. The second kappa shape index (κ2) is 11.3. The Bertz CT molecular complexity index is 1230. The maximum Gasteiger partial charge on any atom is 0.251 e. The lowest BCUT2D eigenvalue weighted by Gasteiger charge is -2.46. The molecule has 0 aliphatic carbocycles. The first-order chi connectivity index (χ1) is 18.0. The van der Waals surface area contributed by atoms with Crippen molar-refractivity contribution in [2.45, 2.75) is 83.3 Å². The minimum absolute atomic E-state index is 0.0433. The Balaban J connectivity index is 1.43. The summed E-state index contributed by atoms with van der Waals surface area (Å²) in [5.74, 6) is 0.664. The topological polar surface area (TPSA) is 94.5 Å². The van der Waals surface area contributed by atoms with Gasteiger partial charge in [-0.05, 0) is 89.6 Å². The Kier molecular flexibility index (Phi) is 8.34. The molecule has 2 heterocycles. The Morgan fingerprint density at radius 2 is 1.79 bits per heavy atom. The van der Waals surface area contributed by atoms with E-state index in [9.17, 15) is 14.9 Å². The molecule has 2 N–H and O–H groups in total. The van der Waals surface area contributed by atoms with Gasteiger partial charge in [-0.15, -0.1) is 0 Å². The van der Waals surface area contributed by atoms with E-state index in [2.05, 4.69) is 44.4 Å². The first-order valence-corrected chi connectivity index (χ1v) is 13.7. The predicted octanol–water partition coefficient (Wildman–Crippen LogP) is 5.60. The van der Waals surface area contributed by atoms with Crippen LogP contribution in [0.3, 0.4) is 0 Å². The average molecular weight is 537 g/mol. The quantitative estimate of drug-likeness (QED) is 0.480. The number of carbonyl (C=O) groups excluding carboxylic acids is 2. The van der Waals surface area contributed by atoms with Crippen LogP contribution in [0.5, 0.6) is 11.5 Å². The minimum atomic E-state index is -0.181. The van der Waals surface area contributed by atoms with E-state index in [4.69, 9.17) is 16.3 Å². The van der Waals surface area contributed by atoms with E-state index in [1.165, 1.54) is 0 Å². The zero-order valence-electron chi connectivity index (χ0n) is 22.7. The van der Waals surface area contributed by atoms with Crippen LogP contribution in [0.15, 0.2) is 36.4 Å². The van der Waals surface area contributed by atoms with Crippen LogP contribution in [0.4, 0.5) is 0 Å². The summed E-state index contributed by atoms with van der Waals surface area (Å²) < 4.78 is 6.03. The van der Waals surface area contributed by atoms with Crippen LogP contribution in [0.1, 0.15) is 81.3 Å². The number of rotatable bonds is 7. The smallest absolute Gasteiger partial charge is 0.251 e. The highest BCUT2D eigenvalue weighted by molar-refractivity contribution is 6.32. The maximum atomic E-state index is 13.0. The molecule has 2 aromatic rings. The van der Waals surface area contributed by atoms with Crippen molar-refractivity contribution in [3.05, 3.63) is 58.1 Å². The Morgan fingerprint density at radius 1 is 1.11 bits per heavy atom. The number of nitrogens with zero attached hydrogens (tertiary/aromatic N) is 2. The third kappa shape index (κ3) is 6.86. The fourth-order valence-corrected chi connectivity index (χ4v) is 6.12. The number of benzene rings is 2. The summed E-state index contributed by atoms with van der Waals surface area (Å²) in [5.41, 5.74) is 1.44. The van der Waals surface area contributed by atoms with E-state index in [0.29, 0.717) is 35.5 Å². The van der Waals surface area contributed by atoms with Crippen molar-refractivity contribution in [2.75, 3.05) is 13.1 Å². The van der Waals surface area contributed by atoms with Gasteiger partial charge in [0, 0.05) is 42.2 Å². The van der Waals surface area contributed by atoms with E-state index >= 15 is 0 Å². The van der Waals surface area contributed by atoms with Gasteiger partial charge in [-0.3, -0.25) is 9.59 Å².